The summed E-state index contributed by atoms with van der Waals surface area (Å²) in [4.78, 5) is 22.7. The van der Waals surface area contributed by atoms with Gasteiger partial charge in [-0.15, -0.1) is 0 Å². The lowest BCUT2D eigenvalue weighted by Gasteiger charge is -2.29. The largest absolute Gasteiger partial charge is 0.379 e. The molecule has 1 aromatic heterocycles. The summed E-state index contributed by atoms with van der Waals surface area (Å²) >= 11 is 1.59. The van der Waals surface area contributed by atoms with Crippen LogP contribution in [0.15, 0.2) is 42.5 Å². The molecule has 1 saturated heterocycles. The Hall–Kier alpha value is -2.28. The number of ether oxygens (including phenoxy) is 1. The molecule has 3 aromatic rings. The Bertz CT molecular complexity index is 1010. The molecular weight excluding hydrogens is 394 g/mol. The normalized spacial score (nSPS) is 17.1. The minimum absolute atomic E-state index is 0.0516. The zero-order valence-electron chi connectivity index (χ0n) is 17.2. The van der Waals surface area contributed by atoms with Gasteiger partial charge in [0.15, 0.2) is 5.13 Å². The first-order chi connectivity index (χ1) is 14.8. The second-order valence-electron chi connectivity index (χ2n) is 8.07. The van der Waals surface area contributed by atoms with Gasteiger partial charge >= 0.3 is 0 Å². The predicted octanol–water partition coefficient (Wildman–Crippen LogP) is 4.15. The average Bonchev–Trinajstić information content (AvgIpc) is 3.23. The molecule has 30 heavy (non-hydrogen) atoms. The second kappa shape index (κ2) is 8.84. The minimum Gasteiger partial charge on any atom is -0.379 e. The maximum Gasteiger partial charge on any atom is 0.260 e. The van der Waals surface area contributed by atoms with Crippen LogP contribution in [0, 0.1) is 0 Å². The van der Waals surface area contributed by atoms with E-state index in [1.807, 2.05) is 29.2 Å². The summed E-state index contributed by atoms with van der Waals surface area (Å²) in [5, 5.41) is 0.784. The highest BCUT2D eigenvalue weighted by Crippen LogP contribution is 2.30. The van der Waals surface area contributed by atoms with Crippen molar-refractivity contribution in [2.45, 2.75) is 25.7 Å². The summed E-state index contributed by atoms with van der Waals surface area (Å²) in [7, 11) is 0. The van der Waals surface area contributed by atoms with E-state index in [2.05, 4.69) is 23.1 Å². The minimum atomic E-state index is 0.0516. The molecule has 2 aliphatic rings. The number of thiazole rings is 1. The molecule has 5 nitrogen and oxygen atoms in total. The van der Waals surface area contributed by atoms with Crippen LogP contribution < -0.4 is 4.90 Å². The van der Waals surface area contributed by atoms with Gasteiger partial charge in [-0.3, -0.25) is 14.6 Å². The molecular formula is C24H27N3O2S. The summed E-state index contributed by atoms with van der Waals surface area (Å²) in [6.45, 7) is 4.83. The summed E-state index contributed by atoms with van der Waals surface area (Å²) in [6.07, 6.45) is 4.66. The third-order valence-electron chi connectivity index (χ3n) is 6.10. The molecule has 156 valence electrons. The van der Waals surface area contributed by atoms with Crippen molar-refractivity contribution in [2.24, 2.45) is 0 Å². The molecule has 1 fully saturated rings. The van der Waals surface area contributed by atoms with Crippen molar-refractivity contribution in [2.75, 3.05) is 44.3 Å². The Morgan fingerprint density at radius 2 is 1.87 bits per heavy atom. The fourth-order valence-electron chi connectivity index (χ4n) is 4.35. The highest BCUT2D eigenvalue weighted by atomic mass is 32.1. The van der Waals surface area contributed by atoms with E-state index in [0.717, 1.165) is 66.6 Å². The number of nitrogens with zero attached hydrogens (tertiary/aromatic N) is 3. The molecule has 0 spiro atoms. The number of carbonyl (C=O) groups excluding carboxylic acids is 1. The summed E-state index contributed by atoms with van der Waals surface area (Å²) < 4.78 is 6.58. The van der Waals surface area contributed by atoms with Crippen molar-refractivity contribution in [1.82, 2.24) is 9.88 Å². The zero-order valence-corrected chi connectivity index (χ0v) is 18.0. The quantitative estimate of drug-likeness (QED) is 0.621. The molecule has 0 atom stereocenters. The van der Waals surface area contributed by atoms with E-state index >= 15 is 0 Å². The zero-order chi connectivity index (χ0) is 20.3. The van der Waals surface area contributed by atoms with Crippen LogP contribution in [0.3, 0.4) is 0 Å². The number of carbonyl (C=O) groups is 1. The van der Waals surface area contributed by atoms with Crippen LogP contribution in [0.5, 0.6) is 0 Å². The van der Waals surface area contributed by atoms with E-state index in [1.54, 1.807) is 11.3 Å². The first-order valence-corrected chi connectivity index (χ1v) is 11.7. The average molecular weight is 422 g/mol. The van der Waals surface area contributed by atoms with Crippen molar-refractivity contribution in [3.8, 4) is 0 Å². The lowest BCUT2D eigenvalue weighted by Crippen LogP contribution is -2.43. The van der Waals surface area contributed by atoms with Gasteiger partial charge in [0.25, 0.3) is 5.91 Å². The van der Waals surface area contributed by atoms with Crippen LogP contribution in [0.2, 0.25) is 0 Å². The number of fused-ring (bicyclic) bond motifs is 2. The van der Waals surface area contributed by atoms with Gasteiger partial charge in [-0.1, -0.05) is 29.5 Å². The van der Waals surface area contributed by atoms with Gasteiger partial charge in [-0.2, -0.15) is 0 Å². The number of morpholine rings is 1. The van der Waals surface area contributed by atoms with E-state index in [0.29, 0.717) is 6.54 Å². The van der Waals surface area contributed by atoms with Gasteiger partial charge in [0.2, 0.25) is 0 Å². The van der Waals surface area contributed by atoms with Gasteiger partial charge in [0.05, 0.1) is 23.4 Å². The van der Waals surface area contributed by atoms with Gasteiger partial charge < -0.3 is 4.74 Å². The third-order valence-corrected chi connectivity index (χ3v) is 7.16. The van der Waals surface area contributed by atoms with Crippen molar-refractivity contribution in [3.05, 3.63) is 59.2 Å². The SMILES string of the molecule is O=C(c1ccc2c(c1)CCCC2)N(CCN1CCOCC1)c1nc2ccccc2s1. The number of aryl methyl sites for hydroxylation is 2. The number of aromatic nitrogens is 1. The van der Waals surface area contributed by atoms with E-state index in [4.69, 9.17) is 9.72 Å². The highest BCUT2D eigenvalue weighted by Gasteiger charge is 2.24. The van der Waals surface area contributed by atoms with Crippen LogP contribution >= 0.6 is 11.3 Å². The number of hydrogen-bond donors (Lipinski definition) is 0. The molecule has 1 amide bonds. The molecule has 0 bridgehead atoms. The molecule has 0 N–H and O–H groups in total. The maximum absolute atomic E-state index is 13.6. The molecule has 0 unspecified atom stereocenters. The number of anilines is 1. The van der Waals surface area contributed by atoms with E-state index in [-0.39, 0.29) is 5.91 Å². The first kappa shape index (κ1) is 19.7. The molecule has 5 rings (SSSR count). The van der Waals surface area contributed by atoms with Crippen LogP contribution in [0.1, 0.15) is 34.3 Å². The number of amides is 1. The molecule has 6 heteroatoms. The maximum atomic E-state index is 13.6. The van der Waals surface area contributed by atoms with Crippen LogP contribution in [-0.4, -0.2) is 55.2 Å². The van der Waals surface area contributed by atoms with Crippen LogP contribution in [0.25, 0.3) is 10.2 Å². The smallest absolute Gasteiger partial charge is 0.260 e. The van der Waals surface area contributed by atoms with Crippen molar-refractivity contribution < 1.29 is 9.53 Å². The number of hydrogen-bond acceptors (Lipinski definition) is 5. The predicted molar refractivity (Wildman–Crippen MR) is 122 cm³/mol. The van der Waals surface area contributed by atoms with Gasteiger partial charge in [0, 0.05) is 31.7 Å². The Kier molecular flexibility index (Phi) is 5.79. The molecule has 1 aliphatic carbocycles. The van der Waals surface area contributed by atoms with E-state index in [9.17, 15) is 4.79 Å². The van der Waals surface area contributed by atoms with Gasteiger partial charge in [-0.05, 0) is 61.1 Å². The van der Waals surface area contributed by atoms with Crippen molar-refractivity contribution in [1.29, 1.82) is 0 Å². The fraction of sp³-hybridized carbons (Fsp3) is 0.417. The lowest BCUT2D eigenvalue weighted by atomic mass is 9.90. The fourth-order valence-corrected chi connectivity index (χ4v) is 5.34. The Labute approximate surface area is 181 Å². The third kappa shape index (κ3) is 4.13. The van der Waals surface area contributed by atoms with Gasteiger partial charge in [0.1, 0.15) is 0 Å². The van der Waals surface area contributed by atoms with E-state index in [1.165, 1.54) is 24.0 Å². The number of rotatable bonds is 5. The van der Waals surface area contributed by atoms with Crippen LogP contribution in [-0.2, 0) is 17.6 Å². The highest BCUT2D eigenvalue weighted by molar-refractivity contribution is 7.22. The summed E-state index contributed by atoms with van der Waals surface area (Å²) in [5.41, 5.74) is 4.46. The van der Waals surface area contributed by atoms with Crippen molar-refractivity contribution >= 4 is 32.6 Å². The Morgan fingerprint density at radius 1 is 1.07 bits per heavy atom. The molecule has 2 aromatic carbocycles. The monoisotopic (exact) mass is 421 g/mol. The summed E-state index contributed by atoms with van der Waals surface area (Å²) in [6, 6.07) is 14.4. The number of para-hydroxylation sites is 1. The second-order valence-corrected chi connectivity index (χ2v) is 9.07. The lowest BCUT2D eigenvalue weighted by molar-refractivity contribution is 0.0391. The van der Waals surface area contributed by atoms with Crippen molar-refractivity contribution in [3.63, 3.8) is 0 Å². The molecule has 1 aliphatic heterocycles. The summed E-state index contributed by atoms with van der Waals surface area (Å²) in [5.74, 6) is 0.0516. The first-order valence-electron chi connectivity index (χ1n) is 10.9. The molecule has 0 saturated carbocycles. The van der Waals surface area contributed by atoms with E-state index < -0.39 is 0 Å². The van der Waals surface area contributed by atoms with Gasteiger partial charge in [-0.25, -0.2) is 4.98 Å². The number of benzene rings is 2. The topological polar surface area (TPSA) is 45.7 Å². The van der Waals surface area contributed by atoms with Crippen LogP contribution in [0.4, 0.5) is 5.13 Å². The molecule has 0 radical (unpaired) electrons. The standard InChI is InChI=1S/C24H27N3O2S/c28-23(20-10-9-18-5-1-2-6-19(18)17-20)27(12-11-26-13-15-29-16-14-26)24-25-21-7-3-4-8-22(21)30-24/h3-4,7-10,17H,1-2,5-6,11-16H2. The Balaban J connectivity index is 1.44. The molecule has 2 heterocycles. The Morgan fingerprint density at radius 3 is 2.70 bits per heavy atom.